The van der Waals surface area contributed by atoms with E-state index in [1.165, 1.54) is 18.2 Å². The van der Waals surface area contributed by atoms with Crippen molar-refractivity contribution in [2.45, 2.75) is 20.3 Å². The highest BCUT2D eigenvalue weighted by molar-refractivity contribution is 5.77. The molecule has 14 heavy (non-hydrogen) atoms. The van der Waals surface area contributed by atoms with Crippen LogP contribution in [0.2, 0.25) is 0 Å². The normalized spacial score (nSPS) is 9.93. The minimum absolute atomic E-state index is 0.129. The SMILES string of the molecule is CONC(=O)Cc1ccc(C)c(C)c1. The smallest absolute Gasteiger partial charge is 0.247 e. The van der Waals surface area contributed by atoms with E-state index in [1.54, 1.807) is 0 Å². The molecule has 0 spiro atoms. The highest BCUT2D eigenvalue weighted by atomic mass is 16.6. The number of nitrogens with one attached hydrogen (secondary N) is 1. The Balaban J connectivity index is 2.68. The summed E-state index contributed by atoms with van der Waals surface area (Å²) >= 11 is 0. The van der Waals surface area contributed by atoms with Gasteiger partial charge in [0.2, 0.25) is 5.91 Å². The quantitative estimate of drug-likeness (QED) is 0.739. The summed E-state index contributed by atoms with van der Waals surface area (Å²) in [6.45, 7) is 4.08. The van der Waals surface area contributed by atoms with Crippen LogP contribution in [0.3, 0.4) is 0 Å². The van der Waals surface area contributed by atoms with Crippen LogP contribution < -0.4 is 5.48 Å². The Labute approximate surface area is 84.0 Å². The van der Waals surface area contributed by atoms with E-state index in [4.69, 9.17) is 0 Å². The molecule has 0 unspecified atom stereocenters. The van der Waals surface area contributed by atoms with Crippen LogP contribution in [0.4, 0.5) is 0 Å². The molecule has 1 aromatic rings. The summed E-state index contributed by atoms with van der Waals surface area (Å²) in [5.74, 6) is -0.129. The Hall–Kier alpha value is -1.35. The molecule has 0 atom stereocenters. The molecule has 0 saturated heterocycles. The third kappa shape index (κ3) is 2.85. The van der Waals surface area contributed by atoms with Gasteiger partial charge in [-0.25, -0.2) is 5.48 Å². The molecule has 1 N–H and O–H groups in total. The number of hydrogen-bond donors (Lipinski definition) is 1. The number of rotatable bonds is 3. The van der Waals surface area contributed by atoms with Gasteiger partial charge in [-0.2, -0.15) is 0 Å². The van der Waals surface area contributed by atoms with Crippen LogP contribution in [0, 0.1) is 13.8 Å². The Bertz CT molecular complexity index is 334. The standard InChI is InChI=1S/C11H15NO2/c1-8-4-5-10(6-9(8)2)7-11(13)12-14-3/h4-6H,7H2,1-3H3,(H,12,13). The number of aryl methyl sites for hydroxylation is 2. The molecule has 0 heterocycles. The predicted octanol–water partition coefficient (Wildman–Crippen LogP) is 1.52. The largest absolute Gasteiger partial charge is 0.277 e. The summed E-state index contributed by atoms with van der Waals surface area (Å²) in [4.78, 5) is 15.7. The van der Waals surface area contributed by atoms with Crippen LogP contribution in [0.25, 0.3) is 0 Å². The first kappa shape index (κ1) is 10.7. The molecule has 0 bridgehead atoms. The van der Waals surface area contributed by atoms with Crippen molar-refractivity contribution in [1.82, 2.24) is 5.48 Å². The zero-order valence-electron chi connectivity index (χ0n) is 8.76. The van der Waals surface area contributed by atoms with Crippen molar-refractivity contribution in [3.05, 3.63) is 34.9 Å². The average Bonchev–Trinajstić information content (AvgIpc) is 2.12. The zero-order valence-corrected chi connectivity index (χ0v) is 8.76. The van der Waals surface area contributed by atoms with Crippen LogP contribution >= 0.6 is 0 Å². The lowest BCUT2D eigenvalue weighted by Crippen LogP contribution is -2.23. The molecule has 1 rings (SSSR count). The van der Waals surface area contributed by atoms with Crippen molar-refractivity contribution in [3.8, 4) is 0 Å². The predicted molar refractivity (Wildman–Crippen MR) is 54.8 cm³/mol. The molecule has 1 aromatic carbocycles. The van der Waals surface area contributed by atoms with E-state index < -0.39 is 0 Å². The van der Waals surface area contributed by atoms with Crippen LogP contribution in [0.15, 0.2) is 18.2 Å². The first-order valence-corrected chi connectivity index (χ1v) is 4.51. The van der Waals surface area contributed by atoms with Crippen molar-refractivity contribution < 1.29 is 9.63 Å². The summed E-state index contributed by atoms with van der Waals surface area (Å²) in [7, 11) is 1.43. The highest BCUT2D eigenvalue weighted by Gasteiger charge is 2.03. The van der Waals surface area contributed by atoms with E-state index in [1.807, 2.05) is 32.0 Å². The molecule has 3 heteroatoms. The van der Waals surface area contributed by atoms with Crippen molar-refractivity contribution in [2.75, 3.05) is 7.11 Å². The number of benzene rings is 1. The molecule has 0 fully saturated rings. The second kappa shape index (κ2) is 4.77. The first-order chi connectivity index (χ1) is 6.63. The maximum atomic E-state index is 11.2. The summed E-state index contributed by atoms with van der Waals surface area (Å²) in [6.07, 6.45) is 0.356. The minimum atomic E-state index is -0.129. The van der Waals surface area contributed by atoms with E-state index in [-0.39, 0.29) is 5.91 Å². The summed E-state index contributed by atoms with van der Waals surface area (Å²) < 4.78 is 0. The number of hydrogen-bond acceptors (Lipinski definition) is 2. The monoisotopic (exact) mass is 193 g/mol. The Kier molecular flexibility index (Phi) is 3.65. The lowest BCUT2D eigenvalue weighted by molar-refractivity contribution is -0.130. The van der Waals surface area contributed by atoms with Gasteiger partial charge in [0, 0.05) is 0 Å². The number of amides is 1. The molecule has 0 aromatic heterocycles. The second-order valence-electron chi connectivity index (χ2n) is 3.32. The fraction of sp³-hybridized carbons (Fsp3) is 0.364. The second-order valence-corrected chi connectivity index (χ2v) is 3.32. The summed E-state index contributed by atoms with van der Waals surface area (Å²) in [5.41, 5.74) is 5.73. The molecule has 3 nitrogen and oxygen atoms in total. The van der Waals surface area contributed by atoms with Gasteiger partial charge in [-0.15, -0.1) is 0 Å². The maximum absolute atomic E-state index is 11.2. The molecule has 1 amide bonds. The van der Waals surface area contributed by atoms with Gasteiger partial charge in [0.15, 0.2) is 0 Å². The highest BCUT2D eigenvalue weighted by Crippen LogP contribution is 2.10. The van der Waals surface area contributed by atoms with E-state index in [2.05, 4.69) is 10.3 Å². The Morgan fingerprint density at radius 3 is 2.64 bits per heavy atom. The third-order valence-electron chi connectivity index (χ3n) is 2.15. The number of hydroxylamine groups is 1. The van der Waals surface area contributed by atoms with Gasteiger partial charge >= 0.3 is 0 Å². The molecule has 0 aliphatic rings. The van der Waals surface area contributed by atoms with Crippen molar-refractivity contribution in [2.24, 2.45) is 0 Å². The lowest BCUT2D eigenvalue weighted by Gasteiger charge is -2.05. The van der Waals surface area contributed by atoms with Gasteiger partial charge in [-0.3, -0.25) is 9.63 Å². The molecule has 76 valence electrons. The fourth-order valence-corrected chi connectivity index (χ4v) is 1.25. The van der Waals surface area contributed by atoms with Crippen LogP contribution in [-0.2, 0) is 16.1 Å². The van der Waals surface area contributed by atoms with Gasteiger partial charge in [0.25, 0.3) is 0 Å². The molecular formula is C11H15NO2. The van der Waals surface area contributed by atoms with Gasteiger partial charge in [-0.1, -0.05) is 18.2 Å². The zero-order chi connectivity index (χ0) is 10.6. The van der Waals surface area contributed by atoms with Gasteiger partial charge in [0.05, 0.1) is 13.5 Å². The molecule has 0 aliphatic heterocycles. The molecular weight excluding hydrogens is 178 g/mol. The summed E-state index contributed by atoms with van der Waals surface area (Å²) in [6, 6.07) is 5.99. The van der Waals surface area contributed by atoms with Crippen molar-refractivity contribution >= 4 is 5.91 Å². The maximum Gasteiger partial charge on any atom is 0.247 e. The Morgan fingerprint density at radius 1 is 1.36 bits per heavy atom. The van der Waals surface area contributed by atoms with Crippen LogP contribution in [-0.4, -0.2) is 13.0 Å². The Morgan fingerprint density at radius 2 is 2.07 bits per heavy atom. The fourth-order valence-electron chi connectivity index (χ4n) is 1.25. The molecule has 0 aliphatic carbocycles. The number of carbonyl (C=O) groups is 1. The van der Waals surface area contributed by atoms with Gasteiger partial charge in [0.1, 0.15) is 0 Å². The van der Waals surface area contributed by atoms with Gasteiger partial charge in [-0.05, 0) is 30.5 Å². The number of carbonyl (C=O) groups excluding carboxylic acids is 1. The van der Waals surface area contributed by atoms with Crippen molar-refractivity contribution in [3.63, 3.8) is 0 Å². The molecule has 0 saturated carbocycles. The van der Waals surface area contributed by atoms with Crippen molar-refractivity contribution in [1.29, 1.82) is 0 Å². The molecule has 0 radical (unpaired) electrons. The topological polar surface area (TPSA) is 38.3 Å². The van der Waals surface area contributed by atoms with Crippen LogP contribution in [0.5, 0.6) is 0 Å². The van der Waals surface area contributed by atoms with Crippen LogP contribution in [0.1, 0.15) is 16.7 Å². The summed E-state index contributed by atoms with van der Waals surface area (Å²) in [5, 5.41) is 0. The van der Waals surface area contributed by atoms with E-state index in [0.29, 0.717) is 6.42 Å². The third-order valence-corrected chi connectivity index (χ3v) is 2.15. The minimum Gasteiger partial charge on any atom is -0.277 e. The van der Waals surface area contributed by atoms with E-state index >= 15 is 0 Å². The van der Waals surface area contributed by atoms with E-state index in [0.717, 1.165) is 5.56 Å². The van der Waals surface area contributed by atoms with E-state index in [9.17, 15) is 4.79 Å². The average molecular weight is 193 g/mol. The first-order valence-electron chi connectivity index (χ1n) is 4.51. The lowest BCUT2D eigenvalue weighted by atomic mass is 10.0. The van der Waals surface area contributed by atoms with Gasteiger partial charge < -0.3 is 0 Å².